The van der Waals surface area contributed by atoms with Crippen molar-refractivity contribution < 1.29 is 14.3 Å². The molecule has 0 aliphatic rings. The van der Waals surface area contributed by atoms with Gasteiger partial charge in [-0.1, -0.05) is 12.7 Å². The van der Waals surface area contributed by atoms with Gasteiger partial charge in [0.15, 0.2) is 0 Å². The van der Waals surface area contributed by atoms with Gasteiger partial charge in [0.05, 0.1) is 0 Å². The molecule has 0 aliphatic carbocycles. The van der Waals surface area contributed by atoms with Crippen LogP contribution in [0.3, 0.4) is 0 Å². The molecule has 0 radical (unpaired) electrons. The summed E-state index contributed by atoms with van der Waals surface area (Å²) in [6.07, 6.45) is 1.64. The van der Waals surface area contributed by atoms with Crippen LogP contribution in [0.15, 0.2) is 35.5 Å². The van der Waals surface area contributed by atoms with Crippen molar-refractivity contribution in [3.8, 4) is 5.75 Å². The van der Waals surface area contributed by atoms with E-state index in [1.807, 2.05) is 0 Å². The first kappa shape index (κ1) is 8.55. The van der Waals surface area contributed by atoms with Gasteiger partial charge in [0.25, 0.3) is 5.52 Å². The minimum atomic E-state index is 0.354. The molecule has 0 unspecified atom stereocenters. The second-order valence-electron chi connectivity index (χ2n) is 2.68. The molecule has 1 aromatic heterocycles. The Morgan fingerprint density at radius 3 is 3.29 bits per heavy atom. The molecule has 0 atom stereocenters. The molecule has 2 rings (SSSR count). The summed E-state index contributed by atoms with van der Waals surface area (Å²) in [5, 5.41) is 14.5. The standard InChI is InChI=1S/C9H8N2O3/c1-2-5-13-7-3-4-9-8(6-7)10-14-11(9)12/h2-4,6H,1,5H2. The number of hydrogen-bond donors (Lipinski definition) is 0. The number of ether oxygens (including phenoxy) is 1. The number of nitrogens with zero attached hydrogens (tertiary/aromatic N) is 2. The van der Waals surface area contributed by atoms with E-state index < -0.39 is 0 Å². The van der Waals surface area contributed by atoms with Crippen molar-refractivity contribution in [3.63, 3.8) is 0 Å². The maximum atomic E-state index is 10.9. The van der Waals surface area contributed by atoms with E-state index in [0.717, 1.165) is 0 Å². The lowest BCUT2D eigenvalue weighted by atomic mass is 10.3. The molecule has 0 spiro atoms. The smallest absolute Gasteiger partial charge is 0.252 e. The van der Waals surface area contributed by atoms with Gasteiger partial charge < -0.3 is 9.94 Å². The van der Waals surface area contributed by atoms with Crippen molar-refractivity contribution in [2.45, 2.75) is 0 Å². The van der Waals surface area contributed by atoms with E-state index in [9.17, 15) is 5.21 Å². The van der Waals surface area contributed by atoms with Crippen LogP contribution < -0.4 is 9.64 Å². The molecule has 0 fully saturated rings. The Hall–Kier alpha value is -2.04. The molecule has 72 valence electrons. The molecule has 1 heterocycles. The van der Waals surface area contributed by atoms with Gasteiger partial charge in [-0.25, -0.2) is 0 Å². The lowest BCUT2D eigenvalue weighted by molar-refractivity contribution is -0.782. The van der Waals surface area contributed by atoms with Crippen LogP contribution in [-0.4, -0.2) is 11.8 Å². The molecular weight excluding hydrogens is 184 g/mol. The Balaban J connectivity index is 2.36. The zero-order chi connectivity index (χ0) is 9.97. The highest BCUT2D eigenvalue weighted by Crippen LogP contribution is 2.16. The molecule has 0 saturated heterocycles. The molecule has 14 heavy (non-hydrogen) atoms. The van der Waals surface area contributed by atoms with Crippen molar-refractivity contribution in [3.05, 3.63) is 36.1 Å². The van der Waals surface area contributed by atoms with Crippen LogP contribution in [-0.2, 0) is 0 Å². The Morgan fingerprint density at radius 2 is 2.50 bits per heavy atom. The van der Waals surface area contributed by atoms with Crippen molar-refractivity contribution in [2.24, 2.45) is 0 Å². The predicted molar refractivity (Wildman–Crippen MR) is 48.7 cm³/mol. The van der Waals surface area contributed by atoms with E-state index in [1.54, 1.807) is 24.3 Å². The van der Waals surface area contributed by atoms with Gasteiger partial charge in [0, 0.05) is 11.2 Å². The third-order valence-electron chi connectivity index (χ3n) is 1.72. The van der Waals surface area contributed by atoms with Crippen molar-refractivity contribution in [2.75, 3.05) is 6.61 Å². The molecule has 2 aromatic rings. The fourth-order valence-electron chi connectivity index (χ4n) is 1.10. The van der Waals surface area contributed by atoms with Crippen LogP contribution in [0.1, 0.15) is 0 Å². The van der Waals surface area contributed by atoms with Gasteiger partial charge in [-0.15, -0.1) is 0 Å². The summed E-state index contributed by atoms with van der Waals surface area (Å²) in [5.41, 5.74) is 0.859. The van der Waals surface area contributed by atoms with E-state index >= 15 is 0 Å². The van der Waals surface area contributed by atoms with Crippen LogP contribution >= 0.6 is 0 Å². The Morgan fingerprint density at radius 1 is 1.64 bits per heavy atom. The molecule has 1 aromatic carbocycles. The monoisotopic (exact) mass is 192 g/mol. The van der Waals surface area contributed by atoms with Crippen LogP contribution in [0.25, 0.3) is 11.0 Å². The molecular formula is C9H8N2O3. The lowest BCUT2D eigenvalue weighted by Gasteiger charge is -1.99. The van der Waals surface area contributed by atoms with Crippen LogP contribution in [0, 0.1) is 5.21 Å². The summed E-state index contributed by atoms with van der Waals surface area (Å²) in [5.74, 6) is 0.631. The van der Waals surface area contributed by atoms with Gasteiger partial charge in [0.1, 0.15) is 12.4 Å². The Labute approximate surface area is 79.7 Å². The molecule has 0 saturated carbocycles. The van der Waals surface area contributed by atoms with Crippen molar-refractivity contribution in [1.82, 2.24) is 5.16 Å². The van der Waals surface area contributed by atoms with Crippen LogP contribution in [0.2, 0.25) is 0 Å². The van der Waals surface area contributed by atoms with E-state index in [4.69, 9.17) is 4.74 Å². The number of aromatic nitrogens is 2. The Kier molecular flexibility index (Phi) is 2.06. The zero-order valence-corrected chi connectivity index (χ0v) is 7.34. The molecule has 5 nitrogen and oxygen atoms in total. The second kappa shape index (κ2) is 3.37. The van der Waals surface area contributed by atoms with E-state index in [0.29, 0.717) is 28.3 Å². The summed E-state index contributed by atoms with van der Waals surface area (Å²) in [4.78, 5) is 0.354. The first-order valence-corrected chi connectivity index (χ1v) is 4.04. The highest BCUT2D eigenvalue weighted by atomic mass is 16.8. The number of fused-ring (bicyclic) bond motifs is 1. The lowest BCUT2D eigenvalue weighted by Crippen LogP contribution is -2.22. The van der Waals surface area contributed by atoms with Gasteiger partial charge in [0.2, 0.25) is 5.52 Å². The van der Waals surface area contributed by atoms with Gasteiger partial charge in [-0.05, 0) is 17.0 Å². The minimum absolute atomic E-state index is 0.354. The summed E-state index contributed by atoms with van der Waals surface area (Å²) in [6, 6.07) is 4.91. The molecule has 0 amide bonds. The summed E-state index contributed by atoms with van der Waals surface area (Å²) < 4.78 is 9.67. The number of hydrogen-bond acceptors (Lipinski definition) is 4. The summed E-state index contributed by atoms with van der Waals surface area (Å²) in [6.45, 7) is 3.95. The first-order valence-electron chi connectivity index (χ1n) is 4.04. The fourth-order valence-corrected chi connectivity index (χ4v) is 1.10. The normalized spacial score (nSPS) is 10.3. The third kappa shape index (κ3) is 1.39. The van der Waals surface area contributed by atoms with Crippen LogP contribution in [0.4, 0.5) is 0 Å². The SMILES string of the molecule is C=CCOc1ccc2c(c1)no[n+]2[O-]. The third-order valence-corrected chi connectivity index (χ3v) is 1.72. The molecule has 0 bridgehead atoms. The second-order valence-corrected chi connectivity index (χ2v) is 2.68. The Bertz CT molecular complexity index is 464. The maximum Gasteiger partial charge on any atom is 0.252 e. The predicted octanol–water partition coefficient (Wildman–Crippen LogP) is 1.03. The minimum Gasteiger partial charge on any atom is -0.489 e. The van der Waals surface area contributed by atoms with E-state index in [-0.39, 0.29) is 0 Å². The number of rotatable bonds is 3. The summed E-state index contributed by atoms with van der Waals surface area (Å²) in [7, 11) is 0. The quantitative estimate of drug-likeness (QED) is 0.538. The van der Waals surface area contributed by atoms with E-state index in [1.165, 1.54) is 0 Å². The molecule has 0 aliphatic heterocycles. The van der Waals surface area contributed by atoms with Crippen LogP contribution in [0.5, 0.6) is 5.75 Å². The van der Waals surface area contributed by atoms with Gasteiger partial charge in [-0.3, -0.25) is 4.63 Å². The maximum absolute atomic E-state index is 10.9. The fraction of sp³-hybridized carbons (Fsp3) is 0.111. The highest BCUT2D eigenvalue weighted by Gasteiger charge is 2.09. The molecule has 0 N–H and O–H groups in total. The average Bonchev–Trinajstić information content (AvgIpc) is 2.57. The molecule has 5 heteroatoms. The highest BCUT2D eigenvalue weighted by molar-refractivity contribution is 5.72. The zero-order valence-electron chi connectivity index (χ0n) is 7.34. The number of benzene rings is 1. The average molecular weight is 192 g/mol. The van der Waals surface area contributed by atoms with Gasteiger partial charge in [-0.2, -0.15) is 0 Å². The first-order chi connectivity index (χ1) is 6.81. The van der Waals surface area contributed by atoms with Crippen molar-refractivity contribution >= 4 is 11.0 Å². The van der Waals surface area contributed by atoms with Crippen molar-refractivity contribution in [1.29, 1.82) is 0 Å². The topological polar surface area (TPSA) is 62.2 Å². The largest absolute Gasteiger partial charge is 0.489 e. The van der Waals surface area contributed by atoms with Gasteiger partial charge >= 0.3 is 0 Å². The summed E-state index contributed by atoms with van der Waals surface area (Å²) >= 11 is 0. The van der Waals surface area contributed by atoms with E-state index in [2.05, 4.69) is 16.4 Å².